The van der Waals surface area contributed by atoms with Gasteiger partial charge in [-0.3, -0.25) is 0 Å². The first-order valence-electron chi connectivity index (χ1n) is 8.37. The molecule has 1 spiro atoms. The molecule has 0 amide bonds. The number of piperidine rings is 1. The van der Waals surface area contributed by atoms with Crippen LogP contribution in [0.1, 0.15) is 73.1 Å². The van der Waals surface area contributed by atoms with Gasteiger partial charge in [0, 0.05) is 0 Å². The van der Waals surface area contributed by atoms with Gasteiger partial charge in [0.1, 0.15) is 0 Å². The van der Waals surface area contributed by atoms with Crippen LogP contribution in [0.2, 0.25) is 0 Å². The van der Waals surface area contributed by atoms with Crippen LogP contribution in [0, 0.1) is 17.3 Å². The second-order valence-corrected chi connectivity index (χ2v) is 6.52. The third kappa shape index (κ3) is 3.98. The van der Waals surface area contributed by atoms with Crippen LogP contribution in [-0.4, -0.2) is 24.5 Å². The van der Waals surface area contributed by atoms with E-state index in [0.717, 1.165) is 17.3 Å². The molecule has 1 nitrogen and oxygen atoms in total. The van der Waals surface area contributed by atoms with Crippen molar-refractivity contribution < 1.29 is 0 Å². The number of nitrogens with zero attached hydrogens (tertiary/aromatic N) is 1. The summed E-state index contributed by atoms with van der Waals surface area (Å²) in [5.41, 5.74) is 0.761. The Morgan fingerprint density at radius 1 is 1.00 bits per heavy atom. The van der Waals surface area contributed by atoms with Gasteiger partial charge < -0.3 is 4.90 Å². The number of hydrogen-bond donors (Lipinski definition) is 0. The van der Waals surface area contributed by atoms with Gasteiger partial charge in [0.2, 0.25) is 0 Å². The van der Waals surface area contributed by atoms with E-state index in [-0.39, 0.29) is 0 Å². The lowest BCUT2D eigenvalue weighted by molar-refractivity contribution is 0.0460. The average Bonchev–Trinajstić information content (AvgIpc) is 2.42. The fraction of sp³-hybridized carbons (Fsp3) is 1.00. The topological polar surface area (TPSA) is 3.24 Å². The van der Waals surface area contributed by atoms with Gasteiger partial charge in [-0.25, -0.2) is 0 Å². The minimum Gasteiger partial charge on any atom is -0.304 e. The summed E-state index contributed by atoms with van der Waals surface area (Å²) in [4.78, 5) is 2.62. The van der Waals surface area contributed by atoms with Crippen molar-refractivity contribution >= 4 is 0 Å². The SMILES string of the molecule is CC.CCN1CCC2(CCC(C(C)C)CC2)CC1. The molecule has 0 N–H and O–H groups in total. The molecule has 108 valence electrons. The molecule has 0 aromatic carbocycles. The summed E-state index contributed by atoms with van der Waals surface area (Å²) in [6, 6.07) is 0. The zero-order valence-corrected chi connectivity index (χ0v) is 13.5. The van der Waals surface area contributed by atoms with Gasteiger partial charge in [-0.1, -0.05) is 34.6 Å². The van der Waals surface area contributed by atoms with E-state index >= 15 is 0 Å². The molecular weight excluding hydrogens is 218 g/mol. The van der Waals surface area contributed by atoms with Gasteiger partial charge >= 0.3 is 0 Å². The third-order valence-corrected chi connectivity index (χ3v) is 5.40. The fourth-order valence-corrected chi connectivity index (χ4v) is 3.76. The molecule has 1 aliphatic heterocycles. The van der Waals surface area contributed by atoms with E-state index in [1.807, 2.05) is 13.8 Å². The Hall–Kier alpha value is -0.0400. The molecule has 0 radical (unpaired) electrons. The lowest BCUT2D eigenvalue weighted by atomic mass is 9.64. The highest BCUT2D eigenvalue weighted by molar-refractivity contribution is 4.90. The maximum absolute atomic E-state index is 2.62. The number of likely N-dealkylation sites (tertiary alicyclic amines) is 1. The van der Waals surface area contributed by atoms with E-state index in [1.165, 1.54) is 58.2 Å². The van der Waals surface area contributed by atoms with Crippen LogP contribution in [0.25, 0.3) is 0 Å². The molecule has 1 saturated heterocycles. The Morgan fingerprint density at radius 2 is 1.50 bits per heavy atom. The van der Waals surface area contributed by atoms with Crippen molar-refractivity contribution in [2.24, 2.45) is 17.3 Å². The fourth-order valence-electron chi connectivity index (χ4n) is 3.76. The van der Waals surface area contributed by atoms with Crippen molar-refractivity contribution in [2.75, 3.05) is 19.6 Å². The predicted molar refractivity (Wildman–Crippen MR) is 81.9 cm³/mol. The van der Waals surface area contributed by atoms with Gasteiger partial charge in [-0.05, 0) is 75.4 Å². The monoisotopic (exact) mass is 253 g/mol. The second kappa shape index (κ2) is 7.53. The Kier molecular flexibility index (Phi) is 6.70. The Balaban J connectivity index is 0.000000771. The molecule has 1 saturated carbocycles. The first kappa shape index (κ1) is 16.0. The molecule has 0 bridgehead atoms. The molecule has 1 heterocycles. The van der Waals surface area contributed by atoms with Crippen LogP contribution in [0.5, 0.6) is 0 Å². The normalized spacial score (nSPS) is 25.0. The summed E-state index contributed by atoms with van der Waals surface area (Å²) in [6.45, 7) is 15.1. The van der Waals surface area contributed by atoms with Gasteiger partial charge in [0.05, 0.1) is 0 Å². The summed E-state index contributed by atoms with van der Waals surface area (Å²) in [5.74, 6) is 1.93. The lowest BCUT2D eigenvalue weighted by Gasteiger charge is -2.46. The van der Waals surface area contributed by atoms with Crippen molar-refractivity contribution in [2.45, 2.75) is 73.1 Å². The van der Waals surface area contributed by atoms with E-state index in [1.54, 1.807) is 0 Å². The third-order valence-electron chi connectivity index (χ3n) is 5.40. The van der Waals surface area contributed by atoms with Crippen molar-refractivity contribution in [3.8, 4) is 0 Å². The molecule has 1 heteroatoms. The highest BCUT2D eigenvalue weighted by Gasteiger charge is 2.38. The molecule has 0 atom stereocenters. The van der Waals surface area contributed by atoms with E-state index in [9.17, 15) is 0 Å². The van der Waals surface area contributed by atoms with Crippen LogP contribution in [0.15, 0.2) is 0 Å². The van der Waals surface area contributed by atoms with Crippen LogP contribution >= 0.6 is 0 Å². The van der Waals surface area contributed by atoms with E-state index in [4.69, 9.17) is 0 Å². The van der Waals surface area contributed by atoms with Crippen LogP contribution in [0.4, 0.5) is 0 Å². The van der Waals surface area contributed by atoms with E-state index in [0.29, 0.717) is 0 Å². The Morgan fingerprint density at radius 3 is 1.89 bits per heavy atom. The summed E-state index contributed by atoms with van der Waals surface area (Å²) >= 11 is 0. The summed E-state index contributed by atoms with van der Waals surface area (Å²) < 4.78 is 0. The molecule has 0 unspecified atom stereocenters. The summed E-state index contributed by atoms with van der Waals surface area (Å²) in [5, 5.41) is 0. The van der Waals surface area contributed by atoms with Crippen molar-refractivity contribution in [1.29, 1.82) is 0 Å². The smallest absolute Gasteiger partial charge is 0.00135 e. The van der Waals surface area contributed by atoms with Gasteiger partial charge in [-0.15, -0.1) is 0 Å². The second-order valence-electron chi connectivity index (χ2n) is 6.52. The van der Waals surface area contributed by atoms with Crippen LogP contribution < -0.4 is 0 Å². The maximum Gasteiger partial charge on any atom is -0.00135 e. The first-order chi connectivity index (χ1) is 8.65. The highest BCUT2D eigenvalue weighted by atomic mass is 15.1. The predicted octanol–water partition coefficient (Wildman–Crippen LogP) is 4.96. The van der Waals surface area contributed by atoms with Crippen molar-refractivity contribution in [3.05, 3.63) is 0 Å². The highest BCUT2D eigenvalue weighted by Crippen LogP contribution is 2.47. The van der Waals surface area contributed by atoms with Gasteiger partial charge in [-0.2, -0.15) is 0 Å². The molecule has 2 aliphatic rings. The number of rotatable bonds is 2. The molecule has 0 aromatic rings. The zero-order chi connectivity index (χ0) is 13.6. The Labute approximate surface area is 115 Å². The molecule has 18 heavy (non-hydrogen) atoms. The first-order valence-corrected chi connectivity index (χ1v) is 8.37. The van der Waals surface area contributed by atoms with Crippen molar-refractivity contribution in [3.63, 3.8) is 0 Å². The molecule has 2 fully saturated rings. The number of hydrogen-bond acceptors (Lipinski definition) is 1. The van der Waals surface area contributed by atoms with Gasteiger partial charge in [0.15, 0.2) is 0 Å². The summed E-state index contributed by atoms with van der Waals surface area (Å²) in [6.07, 6.45) is 9.01. The minimum atomic E-state index is 0.761. The molecule has 2 rings (SSSR count). The Bertz CT molecular complexity index is 204. The van der Waals surface area contributed by atoms with Gasteiger partial charge in [0.25, 0.3) is 0 Å². The maximum atomic E-state index is 2.62. The quantitative estimate of drug-likeness (QED) is 0.672. The van der Waals surface area contributed by atoms with Crippen molar-refractivity contribution in [1.82, 2.24) is 4.90 Å². The van der Waals surface area contributed by atoms with Crippen LogP contribution in [0.3, 0.4) is 0 Å². The molecule has 0 aromatic heterocycles. The molecular formula is C17H35N. The summed E-state index contributed by atoms with van der Waals surface area (Å²) in [7, 11) is 0. The zero-order valence-electron chi connectivity index (χ0n) is 13.5. The average molecular weight is 253 g/mol. The van der Waals surface area contributed by atoms with E-state index < -0.39 is 0 Å². The lowest BCUT2D eigenvalue weighted by Crippen LogP contribution is -2.42. The van der Waals surface area contributed by atoms with Crippen LogP contribution in [-0.2, 0) is 0 Å². The minimum absolute atomic E-state index is 0.761. The van der Waals surface area contributed by atoms with E-state index in [2.05, 4.69) is 25.7 Å². The largest absolute Gasteiger partial charge is 0.304 e. The standard InChI is InChI=1S/C15H29N.C2H6/c1-4-16-11-9-15(10-12-16)7-5-14(6-8-15)13(2)3;1-2/h13-14H,4-12H2,1-3H3;1-2H3. The molecule has 1 aliphatic carbocycles.